The Kier molecular flexibility index (Phi) is 8.46. The monoisotopic (exact) mass is 827 g/mol. The van der Waals surface area contributed by atoms with Crippen LogP contribution < -0.4 is 4.90 Å². The van der Waals surface area contributed by atoms with Gasteiger partial charge in [0.2, 0.25) is 0 Å². The van der Waals surface area contributed by atoms with Gasteiger partial charge in [0.25, 0.3) is 0 Å². The molecule has 0 radical (unpaired) electrons. The van der Waals surface area contributed by atoms with Gasteiger partial charge in [-0.25, -0.2) is 9.97 Å². The molecule has 0 fully saturated rings. The van der Waals surface area contributed by atoms with Crippen LogP contribution in [0.2, 0.25) is 0 Å². The van der Waals surface area contributed by atoms with Crippen molar-refractivity contribution < 1.29 is 0 Å². The molecule has 0 aliphatic heterocycles. The highest BCUT2D eigenvalue weighted by Crippen LogP contribution is 2.40. The van der Waals surface area contributed by atoms with Crippen LogP contribution in [-0.2, 0) is 0 Å². The van der Waals surface area contributed by atoms with Gasteiger partial charge in [0.1, 0.15) is 0 Å². The Bertz CT molecular complexity index is 3850. The van der Waals surface area contributed by atoms with Crippen molar-refractivity contribution in [3.8, 4) is 33.6 Å². The van der Waals surface area contributed by atoms with Crippen LogP contribution in [0, 0.1) is 0 Å². The number of hydrogen-bond donors (Lipinski definition) is 0. The first kappa shape index (κ1) is 36.8. The minimum atomic E-state index is 0.881. The van der Waals surface area contributed by atoms with Crippen molar-refractivity contribution in [1.29, 1.82) is 0 Å². The summed E-state index contributed by atoms with van der Waals surface area (Å²) in [6.07, 6.45) is 3.75. The minimum Gasteiger partial charge on any atom is -0.310 e. The summed E-state index contributed by atoms with van der Waals surface area (Å²) < 4.78 is 0. The Morgan fingerprint density at radius 2 is 0.677 bits per heavy atom. The molecule has 13 rings (SSSR count). The van der Waals surface area contributed by atoms with Crippen LogP contribution in [0.1, 0.15) is 0 Å². The molecule has 9 aromatic carbocycles. The van der Waals surface area contributed by atoms with Crippen LogP contribution >= 0.6 is 0 Å². The van der Waals surface area contributed by atoms with Crippen molar-refractivity contribution in [2.45, 2.75) is 0 Å². The lowest BCUT2D eigenvalue weighted by Gasteiger charge is -2.26. The molecule has 0 saturated heterocycles. The number of pyridine rings is 4. The fourth-order valence-corrected chi connectivity index (χ4v) is 9.57. The van der Waals surface area contributed by atoms with Crippen LogP contribution in [0.3, 0.4) is 0 Å². The van der Waals surface area contributed by atoms with Gasteiger partial charge in [-0.2, -0.15) is 0 Å². The number of para-hydroxylation sites is 2. The molecular formula is C60H37N5. The van der Waals surface area contributed by atoms with Crippen LogP contribution in [0.25, 0.3) is 110 Å². The molecule has 0 bridgehead atoms. The van der Waals surface area contributed by atoms with Gasteiger partial charge in [0, 0.05) is 49.7 Å². The lowest BCUT2D eigenvalue weighted by atomic mass is 9.96. The summed E-state index contributed by atoms with van der Waals surface area (Å²) in [7, 11) is 0. The highest BCUT2D eigenvalue weighted by atomic mass is 15.1. The van der Waals surface area contributed by atoms with Gasteiger partial charge in [-0.1, -0.05) is 127 Å². The molecule has 0 N–H and O–H groups in total. The SMILES string of the molecule is c1ccc2cc(-c3ccc4c(ccc5cc(N(c6ccc(-c7ccc8c(cnc9ccccc98)n7)cc6)c6ccc(-c7ccc8c(cnc9ccccc98)n7)cc6)ccc54)c3)ccc2c1. The maximum absolute atomic E-state index is 5.07. The third kappa shape index (κ3) is 6.40. The van der Waals surface area contributed by atoms with E-state index in [0.717, 1.165) is 83.2 Å². The van der Waals surface area contributed by atoms with E-state index in [4.69, 9.17) is 9.97 Å². The first-order valence-corrected chi connectivity index (χ1v) is 21.9. The second kappa shape index (κ2) is 14.9. The molecule has 0 unspecified atom stereocenters. The number of nitrogens with zero attached hydrogens (tertiary/aromatic N) is 5. The summed E-state index contributed by atoms with van der Waals surface area (Å²) in [5.41, 5.74) is 13.2. The largest absolute Gasteiger partial charge is 0.310 e. The molecule has 0 aliphatic rings. The van der Waals surface area contributed by atoms with Crippen LogP contribution in [0.15, 0.2) is 225 Å². The number of rotatable bonds is 6. The highest BCUT2D eigenvalue weighted by molar-refractivity contribution is 6.10. The van der Waals surface area contributed by atoms with E-state index in [2.05, 4.69) is 203 Å². The first-order chi connectivity index (χ1) is 32.2. The number of fused-ring (bicyclic) bond motifs is 10. The van der Waals surface area contributed by atoms with Gasteiger partial charge in [-0.05, 0) is 128 Å². The molecule has 0 amide bonds. The molecule has 4 heterocycles. The fourth-order valence-electron chi connectivity index (χ4n) is 9.57. The Hall–Kier alpha value is -8.80. The zero-order valence-electron chi connectivity index (χ0n) is 35.1. The number of benzene rings is 9. The maximum atomic E-state index is 5.07. The molecule has 0 atom stereocenters. The van der Waals surface area contributed by atoms with Gasteiger partial charge in [0.15, 0.2) is 0 Å². The molecule has 65 heavy (non-hydrogen) atoms. The molecule has 0 spiro atoms. The van der Waals surface area contributed by atoms with Crippen LogP contribution in [0.4, 0.5) is 17.1 Å². The van der Waals surface area contributed by atoms with Gasteiger partial charge in [-0.3, -0.25) is 9.97 Å². The summed E-state index contributed by atoms with van der Waals surface area (Å²) in [4.78, 5) is 21.8. The van der Waals surface area contributed by atoms with E-state index in [1.807, 2.05) is 36.7 Å². The lowest BCUT2D eigenvalue weighted by Crippen LogP contribution is -2.10. The smallest absolute Gasteiger partial charge is 0.0899 e. The Labute approximate surface area is 374 Å². The van der Waals surface area contributed by atoms with E-state index in [1.165, 1.54) is 43.4 Å². The van der Waals surface area contributed by atoms with Crippen LogP contribution in [0.5, 0.6) is 0 Å². The van der Waals surface area contributed by atoms with Crippen molar-refractivity contribution in [2.24, 2.45) is 0 Å². The average molecular weight is 828 g/mol. The van der Waals surface area contributed by atoms with Gasteiger partial charge in [0.05, 0.1) is 45.8 Å². The third-order valence-corrected chi connectivity index (χ3v) is 12.9. The average Bonchev–Trinajstić information content (AvgIpc) is 3.38. The summed E-state index contributed by atoms with van der Waals surface area (Å²) in [6.45, 7) is 0. The second-order valence-corrected chi connectivity index (χ2v) is 16.7. The molecule has 0 saturated carbocycles. The summed E-state index contributed by atoms with van der Waals surface area (Å²) in [5, 5.41) is 11.8. The maximum Gasteiger partial charge on any atom is 0.0899 e. The van der Waals surface area contributed by atoms with E-state index in [1.54, 1.807) is 0 Å². The minimum absolute atomic E-state index is 0.881. The molecule has 0 aliphatic carbocycles. The summed E-state index contributed by atoms with van der Waals surface area (Å²) in [6, 6.07) is 75.8. The van der Waals surface area contributed by atoms with Crippen molar-refractivity contribution in [1.82, 2.24) is 19.9 Å². The van der Waals surface area contributed by atoms with Crippen molar-refractivity contribution in [3.63, 3.8) is 0 Å². The fraction of sp³-hybridized carbons (Fsp3) is 0. The molecule has 13 aromatic rings. The quantitative estimate of drug-likeness (QED) is 0.156. The van der Waals surface area contributed by atoms with Gasteiger partial charge in [-0.15, -0.1) is 0 Å². The molecule has 5 heteroatoms. The Balaban J connectivity index is 0.882. The molecule has 5 nitrogen and oxygen atoms in total. The normalized spacial score (nSPS) is 11.7. The topological polar surface area (TPSA) is 54.8 Å². The van der Waals surface area contributed by atoms with E-state index in [-0.39, 0.29) is 0 Å². The molecule has 4 aromatic heterocycles. The standard InChI is InChI=1S/C60H37N5/c1-2-8-41-33-42(14-13-38(41)7-1)43-21-27-49-44(34-43)15-16-45-35-48(26-28-50(45)49)65(46-22-17-39(18-23-46)55-31-29-53-51-9-3-5-11-57(51)61-36-59(53)63-55)47-24-19-40(20-25-47)56-32-30-54-52-10-4-6-12-58(52)62-37-60(54)64-56/h1-37H. The number of hydrogen-bond acceptors (Lipinski definition) is 5. The van der Waals surface area contributed by atoms with Crippen molar-refractivity contribution in [3.05, 3.63) is 225 Å². The van der Waals surface area contributed by atoms with Crippen molar-refractivity contribution >= 4 is 93.0 Å². The predicted molar refractivity (Wildman–Crippen MR) is 271 cm³/mol. The molecular weight excluding hydrogens is 791 g/mol. The zero-order chi connectivity index (χ0) is 42.8. The van der Waals surface area contributed by atoms with Crippen LogP contribution in [-0.4, -0.2) is 19.9 Å². The van der Waals surface area contributed by atoms with Gasteiger partial charge >= 0.3 is 0 Å². The number of aromatic nitrogens is 4. The Morgan fingerprint density at radius 3 is 1.28 bits per heavy atom. The number of anilines is 3. The second-order valence-electron chi connectivity index (χ2n) is 16.7. The molecule has 302 valence electrons. The zero-order valence-corrected chi connectivity index (χ0v) is 35.1. The Morgan fingerprint density at radius 1 is 0.262 bits per heavy atom. The summed E-state index contributed by atoms with van der Waals surface area (Å²) >= 11 is 0. The first-order valence-electron chi connectivity index (χ1n) is 21.9. The van der Waals surface area contributed by atoms with E-state index < -0.39 is 0 Å². The van der Waals surface area contributed by atoms with Crippen molar-refractivity contribution in [2.75, 3.05) is 4.90 Å². The highest BCUT2D eigenvalue weighted by Gasteiger charge is 2.16. The van der Waals surface area contributed by atoms with Gasteiger partial charge < -0.3 is 4.90 Å². The van der Waals surface area contributed by atoms with E-state index in [9.17, 15) is 0 Å². The predicted octanol–water partition coefficient (Wildman–Crippen LogP) is 15.8. The van der Waals surface area contributed by atoms with E-state index >= 15 is 0 Å². The third-order valence-electron chi connectivity index (χ3n) is 12.9. The summed E-state index contributed by atoms with van der Waals surface area (Å²) in [5.74, 6) is 0. The van der Waals surface area contributed by atoms with E-state index in [0.29, 0.717) is 0 Å². The lowest BCUT2D eigenvalue weighted by molar-refractivity contribution is 1.28.